The zero-order chi connectivity index (χ0) is 60.5. The number of methoxy groups -OCH3 is 2. The highest BCUT2D eigenvalue weighted by atomic mass is 16.5. The van der Waals surface area contributed by atoms with E-state index in [1.807, 2.05) is 48.3 Å². The van der Waals surface area contributed by atoms with E-state index in [0.717, 1.165) is 63.6 Å². The molecule has 4 saturated carbocycles. The molecule has 2 aromatic carbocycles. The van der Waals surface area contributed by atoms with Gasteiger partial charge in [-0.3, -0.25) is 43.6 Å². The maximum atomic E-state index is 14.5. The van der Waals surface area contributed by atoms with Gasteiger partial charge in [0, 0.05) is 72.5 Å². The van der Waals surface area contributed by atoms with Crippen molar-refractivity contribution in [1.29, 1.82) is 0 Å². The van der Waals surface area contributed by atoms with Gasteiger partial charge in [-0.1, -0.05) is 19.9 Å². The van der Waals surface area contributed by atoms with Crippen LogP contribution in [0.3, 0.4) is 0 Å². The molecule has 1 aromatic heterocycles. The second-order valence-electron chi connectivity index (χ2n) is 23.4. The lowest BCUT2D eigenvalue weighted by atomic mass is 9.48. The molecule has 24 nitrogen and oxygen atoms in total. The van der Waals surface area contributed by atoms with Crippen LogP contribution in [0.4, 0.5) is 0 Å². The van der Waals surface area contributed by atoms with Gasteiger partial charge < -0.3 is 59.2 Å². The standard InChI is InChI=1S/C60H89N9O15/c1-41(2)47-35-46(12-13-49(47)69-50(57-51(80-5)10-7-11-52(57)81-6)36-48(62-69)58(77)61-60(59(78)79)44-31-42-30-43(33-44)34-45(60)32-42)84-25-9-15-63(3)14-8-16-64(4)53(70)37-65-17-18-66(38-54(71)72)22-28-83-29-24-68(40-56(75)76)20-19-67(39-55(73)74)23-27-82-26-21-65/h7,10-13,35-36,41-45H,8-9,14-34,37-40H2,1-6H3,(H,61,77)(H,71,72)(H,73,74)(H,75,76)(H,78,79). The first-order valence-electron chi connectivity index (χ1n) is 29.6. The van der Waals surface area contributed by atoms with E-state index in [9.17, 15) is 49.2 Å². The Morgan fingerprint density at radius 3 is 1.64 bits per heavy atom. The molecule has 0 spiro atoms. The van der Waals surface area contributed by atoms with Crippen LogP contribution in [0.1, 0.15) is 80.8 Å². The smallest absolute Gasteiger partial charge is 0.330 e. The van der Waals surface area contributed by atoms with Gasteiger partial charge in [-0.2, -0.15) is 5.10 Å². The van der Waals surface area contributed by atoms with E-state index in [0.29, 0.717) is 112 Å². The number of carboxylic acids is 4. The normalized spacial score (nSPS) is 22.5. The summed E-state index contributed by atoms with van der Waals surface area (Å²) in [6, 6.07) is 12.9. The fraction of sp³-hybridized carbons (Fsp3) is 0.650. The van der Waals surface area contributed by atoms with Gasteiger partial charge >= 0.3 is 23.9 Å². The summed E-state index contributed by atoms with van der Waals surface area (Å²) in [4.78, 5) is 87.4. The zero-order valence-electron chi connectivity index (χ0n) is 49.9. The molecule has 5 aliphatic rings. The molecule has 4 bridgehead atoms. The first-order chi connectivity index (χ1) is 40.3. The van der Waals surface area contributed by atoms with Crippen molar-refractivity contribution in [1.82, 2.24) is 44.5 Å². The van der Waals surface area contributed by atoms with Crippen molar-refractivity contribution < 1.29 is 72.9 Å². The summed E-state index contributed by atoms with van der Waals surface area (Å²) < 4.78 is 31.5. The van der Waals surface area contributed by atoms with Gasteiger partial charge in [0.2, 0.25) is 5.91 Å². The lowest BCUT2D eigenvalue weighted by Gasteiger charge is -2.59. The Morgan fingerprint density at radius 2 is 1.17 bits per heavy atom. The quantitative estimate of drug-likeness (QED) is 0.0756. The number of ether oxygens (including phenoxy) is 5. The fourth-order valence-corrected chi connectivity index (χ4v) is 12.9. The Labute approximate surface area is 492 Å². The summed E-state index contributed by atoms with van der Waals surface area (Å²) in [5.41, 5.74) is 1.47. The van der Waals surface area contributed by atoms with Crippen LogP contribution in [0.15, 0.2) is 42.5 Å². The average Bonchev–Trinajstić information content (AvgIpc) is 1.62. The minimum Gasteiger partial charge on any atom is -0.496 e. The van der Waals surface area contributed by atoms with Gasteiger partial charge in [0.15, 0.2) is 5.69 Å². The van der Waals surface area contributed by atoms with Crippen LogP contribution in [-0.4, -0.2) is 260 Å². The molecule has 0 radical (unpaired) electrons. The number of carbonyl (C=O) groups is 6. The second-order valence-corrected chi connectivity index (χ2v) is 23.4. The summed E-state index contributed by atoms with van der Waals surface area (Å²) in [7, 11) is 6.94. The van der Waals surface area contributed by atoms with E-state index < -0.39 is 35.3 Å². The maximum absolute atomic E-state index is 14.5. The average molecular weight is 1180 g/mol. The number of hydrogen-bond acceptors (Lipinski definition) is 17. The van der Waals surface area contributed by atoms with Crippen LogP contribution in [0.25, 0.3) is 16.9 Å². The number of amides is 2. The van der Waals surface area contributed by atoms with Crippen LogP contribution < -0.4 is 19.5 Å². The first-order valence-corrected chi connectivity index (χ1v) is 29.6. The highest BCUT2D eigenvalue weighted by Crippen LogP contribution is 2.58. The van der Waals surface area contributed by atoms with Gasteiger partial charge in [-0.15, -0.1) is 0 Å². The lowest BCUT2D eigenvalue weighted by molar-refractivity contribution is -0.163. The van der Waals surface area contributed by atoms with Crippen molar-refractivity contribution in [3.8, 4) is 34.2 Å². The summed E-state index contributed by atoms with van der Waals surface area (Å²) in [6.07, 6.45) is 5.78. The number of aromatic nitrogens is 2. The van der Waals surface area contributed by atoms with Crippen LogP contribution in [0.2, 0.25) is 0 Å². The summed E-state index contributed by atoms with van der Waals surface area (Å²) in [5, 5.41) is 47.5. The number of carbonyl (C=O) groups excluding carboxylic acids is 2. The highest BCUT2D eigenvalue weighted by molar-refractivity contribution is 5.98. The molecule has 8 rings (SSSR count). The van der Waals surface area contributed by atoms with Crippen molar-refractivity contribution in [3.63, 3.8) is 0 Å². The molecule has 0 atom stereocenters. The van der Waals surface area contributed by atoms with Crippen LogP contribution in [0, 0.1) is 23.7 Å². The van der Waals surface area contributed by atoms with Gasteiger partial charge in [0.05, 0.1) is 90.4 Å². The first kappa shape index (κ1) is 65.1. The highest BCUT2D eigenvalue weighted by Gasteiger charge is 2.62. The fourth-order valence-electron chi connectivity index (χ4n) is 12.9. The molecule has 2 heterocycles. The molecule has 5 N–H and O–H groups in total. The van der Waals surface area contributed by atoms with E-state index in [4.69, 9.17) is 28.8 Å². The molecule has 5 fully saturated rings. The van der Waals surface area contributed by atoms with E-state index in [1.165, 1.54) is 0 Å². The van der Waals surface area contributed by atoms with Gasteiger partial charge in [-0.05, 0) is 130 Å². The van der Waals surface area contributed by atoms with Gasteiger partial charge in [-0.25, -0.2) is 9.48 Å². The Balaban J connectivity index is 0.932. The minimum absolute atomic E-state index is 0.00449. The lowest BCUT2D eigenvalue weighted by Crippen LogP contribution is -2.70. The van der Waals surface area contributed by atoms with Crippen molar-refractivity contribution >= 4 is 35.7 Å². The van der Waals surface area contributed by atoms with Crippen LogP contribution >= 0.6 is 0 Å². The zero-order valence-corrected chi connectivity index (χ0v) is 49.9. The third-order valence-electron chi connectivity index (χ3n) is 17.1. The Hall–Kier alpha value is -6.41. The number of nitrogens with one attached hydrogen (secondary N) is 1. The molecule has 464 valence electrons. The van der Waals surface area contributed by atoms with E-state index in [-0.39, 0.29) is 82.0 Å². The predicted molar refractivity (Wildman–Crippen MR) is 311 cm³/mol. The Kier molecular flexibility index (Phi) is 24.1. The van der Waals surface area contributed by atoms with Crippen molar-refractivity contribution in [3.05, 3.63) is 53.7 Å². The van der Waals surface area contributed by atoms with Crippen molar-refractivity contribution in [2.75, 3.05) is 160 Å². The number of aliphatic carboxylic acids is 4. The number of rotatable bonds is 25. The van der Waals surface area contributed by atoms with Crippen molar-refractivity contribution in [2.24, 2.45) is 23.7 Å². The maximum Gasteiger partial charge on any atom is 0.330 e. The SMILES string of the molecule is COc1cccc(OC)c1-c1cc(C(=O)NC2(C(=O)O)C3CC4CC(C3)CC2C4)nn1-c1ccc(OCCCN(C)CCCN(C)C(=O)CN2CCOCCN(CC(=O)O)CCN(CC(=O)O)CCOCCN(CC(=O)O)CC2)cc1C(C)C. The Morgan fingerprint density at radius 1 is 0.667 bits per heavy atom. The van der Waals surface area contributed by atoms with E-state index in [1.54, 1.807) is 51.6 Å². The number of likely N-dealkylation sites (N-methyl/N-ethyl adjacent to an activating group) is 1. The summed E-state index contributed by atoms with van der Waals surface area (Å²) in [5.74, 6) is -2.21. The van der Waals surface area contributed by atoms with Crippen LogP contribution in [-0.2, 0) is 33.4 Å². The molecular formula is C60H89N9O15. The van der Waals surface area contributed by atoms with E-state index in [2.05, 4.69) is 24.1 Å². The number of nitrogens with zero attached hydrogens (tertiary/aromatic N) is 8. The van der Waals surface area contributed by atoms with Crippen LogP contribution in [0.5, 0.6) is 17.2 Å². The molecule has 2 amide bonds. The molecule has 84 heavy (non-hydrogen) atoms. The third kappa shape index (κ3) is 17.6. The Bertz CT molecular complexity index is 2650. The number of carboxylic acid groups (broad SMARTS) is 4. The summed E-state index contributed by atoms with van der Waals surface area (Å²) >= 11 is 0. The van der Waals surface area contributed by atoms with Crippen molar-refractivity contribution in [2.45, 2.75) is 70.3 Å². The minimum atomic E-state index is -1.36. The van der Waals surface area contributed by atoms with Gasteiger partial charge in [0.25, 0.3) is 5.91 Å². The molecule has 24 heteroatoms. The van der Waals surface area contributed by atoms with E-state index >= 15 is 0 Å². The van der Waals surface area contributed by atoms with Gasteiger partial charge in [0.1, 0.15) is 22.8 Å². The number of hydrogen-bond donors (Lipinski definition) is 5. The molecular weight excluding hydrogens is 1090 g/mol. The topological polar surface area (TPSA) is 279 Å². The molecule has 0 unspecified atom stereocenters. The summed E-state index contributed by atoms with van der Waals surface area (Å²) in [6.45, 7) is 9.46. The number of benzene rings is 2. The molecule has 1 saturated heterocycles. The largest absolute Gasteiger partial charge is 0.496 e. The monoisotopic (exact) mass is 1180 g/mol. The second kappa shape index (κ2) is 31.1. The molecule has 4 aliphatic carbocycles. The molecule has 3 aromatic rings. The predicted octanol–water partition coefficient (Wildman–Crippen LogP) is 3.75. The third-order valence-corrected chi connectivity index (χ3v) is 17.1. The molecule has 1 aliphatic heterocycles.